The van der Waals surface area contributed by atoms with E-state index in [1.807, 2.05) is 24.3 Å². The van der Waals surface area contributed by atoms with Gasteiger partial charge in [-0.25, -0.2) is 8.42 Å². The number of hydrogen-bond donors (Lipinski definition) is 1. The molecule has 1 N–H and O–H groups in total. The minimum Gasteiger partial charge on any atom is -0.497 e. The number of nitrogens with one attached hydrogen (secondary N) is 1. The number of carbonyl (C=O) groups is 1. The van der Waals surface area contributed by atoms with Crippen LogP contribution in [0.25, 0.3) is 0 Å². The van der Waals surface area contributed by atoms with E-state index in [1.54, 1.807) is 7.11 Å². The van der Waals surface area contributed by atoms with Crippen molar-refractivity contribution < 1.29 is 22.4 Å². The number of aryl methyl sites for hydroxylation is 1. The van der Waals surface area contributed by atoms with E-state index in [1.165, 1.54) is 0 Å². The summed E-state index contributed by atoms with van der Waals surface area (Å²) in [6.45, 7) is 0.591. The van der Waals surface area contributed by atoms with Gasteiger partial charge in [-0.2, -0.15) is 0 Å². The summed E-state index contributed by atoms with van der Waals surface area (Å²) in [4.78, 5) is 11.9. The molecule has 0 aliphatic heterocycles. The smallest absolute Gasteiger partial charge is 0.335 e. The molecule has 2 rings (SSSR count). The first-order valence-electron chi connectivity index (χ1n) is 8.30. The lowest BCUT2D eigenvalue weighted by molar-refractivity contribution is -0.120. The van der Waals surface area contributed by atoms with Crippen molar-refractivity contribution >= 4 is 15.7 Å². The fourth-order valence-corrected chi connectivity index (χ4v) is 2.72. The summed E-state index contributed by atoms with van der Waals surface area (Å²) < 4.78 is 32.7. The number of rotatable bonds is 10. The standard InChI is InChI=1S/C17H23N3O5S/c1-24-14-9-7-13(8-10-14)12-15(21)18-11-5-3-4-6-16-19-20-17(25-16)26(2,22)23/h7-10H,3-6,11-12H2,1-2H3,(H,18,21). The van der Waals surface area contributed by atoms with E-state index in [-0.39, 0.29) is 11.1 Å². The van der Waals surface area contributed by atoms with Gasteiger partial charge in [-0.05, 0) is 30.5 Å². The lowest BCUT2D eigenvalue weighted by Crippen LogP contribution is -2.26. The Morgan fingerprint density at radius 1 is 1.15 bits per heavy atom. The molecule has 0 aliphatic carbocycles. The van der Waals surface area contributed by atoms with Gasteiger partial charge in [0.25, 0.3) is 0 Å². The summed E-state index contributed by atoms with van der Waals surface area (Å²) in [6, 6.07) is 7.39. The number of unbranched alkanes of at least 4 members (excludes halogenated alkanes) is 2. The molecule has 1 heterocycles. The molecule has 8 nitrogen and oxygen atoms in total. The average molecular weight is 381 g/mol. The molecule has 9 heteroatoms. The van der Waals surface area contributed by atoms with Gasteiger partial charge in [-0.1, -0.05) is 23.7 Å². The van der Waals surface area contributed by atoms with Gasteiger partial charge >= 0.3 is 5.22 Å². The minimum atomic E-state index is -3.46. The van der Waals surface area contributed by atoms with Gasteiger partial charge in [0.1, 0.15) is 5.75 Å². The van der Waals surface area contributed by atoms with Crippen LogP contribution in [-0.2, 0) is 27.5 Å². The molecule has 0 fully saturated rings. The third kappa shape index (κ3) is 6.47. The summed E-state index contributed by atoms with van der Waals surface area (Å²) in [5.41, 5.74) is 0.932. The highest BCUT2D eigenvalue weighted by atomic mass is 32.2. The van der Waals surface area contributed by atoms with Crippen molar-refractivity contribution in [3.8, 4) is 5.75 Å². The van der Waals surface area contributed by atoms with Gasteiger partial charge in [-0.3, -0.25) is 4.79 Å². The number of sulfone groups is 1. The van der Waals surface area contributed by atoms with Crippen molar-refractivity contribution in [2.24, 2.45) is 0 Å². The van der Waals surface area contributed by atoms with Gasteiger partial charge in [0.15, 0.2) is 0 Å². The lowest BCUT2D eigenvalue weighted by Gasteiger charge is -2.06. The first-order valence-corrected chi connectivity index (χ1v) is 10.2. The summed E-state index contributed by atoms with van der Waals surface area (Å²) in [5, 5.41) is 9.75. The minimum absolute atomic E-state index is 0.0233. The van der Waals surface area contributed by atoms with Crippen molar-refractivity contribution in [3.05, 3.63) is 35.7 Å². The number of ether oxygens (including phenoxy) is 1. The molecule has 0 aliphatic rings. The Kier molecular flexibility index (Phi) is 7.14. The number of aromatic nitrogens is 2. The molecular weight excluding hydrogens is 358 g/mol. The summed E-state index contributed by atoms with van der Waals surface area (Å²) in [5.74, 6) is 1.05. The van der Waals surface area contributed by atoms with E-state index in [0.717, 1.165) is 36.8 Å². The van der Waals surface area contributed by atoms with Crippen LogP contribution in [0, 0.1) is 0 Å². The van der Waals surface area contributed by atoms with Crippen LogP contribution in [0.5, 0.6) is 5.75 Å². The topological polar surface area (TPSA) is 111 Å². The maximum absolute atomic E-state index is 11.9. The van der Waals surface area contributed by atoms with E-state index < -0.39 is 9.84 Å². The zero-order valence-corrected chi connectivity index (χ0v) is 15.7. The lowest BCUT2D eigenvalue weighted by atomic mass is 10.1. The monoisotopic (exact) mass is 381 g/mol. The first-order chi connectivity index (χ1) is 12.4. The van der Waals surface area contributed by atoms with Gasteiger partial charge in [0.2, 0.25) is 21.6 Å². The van der Waals surface area contributed by atoms with Crippen LogP contribution in [0.3, 0.4) is 0 Å². The number of hydrogen-bond acceptors (Lipinski definition) is 7. The highest BCUT2D eigenvalue weighted by Gasteiger charge is 2.16. The van der Waals surface area contributed by atoms with Crippen LogP contribution in [0.1, 0.15) is 30.7 Å². The highest BCUT2D eigenvalue weighted by molar-refractivity contribution is 7.90. The zero-order chi connectivity index (χ0) is 19.0. The SMILES string of the molecule is COc1ccc(CC(=O)NCCCCCc2nnc(S(C)(=O)=O)o2)cc1. The van der Waals surface area contributed by atoms with Crippen molar-refractivity contribution in [1.29, 1.82) is 0 Å². The summed E-state index contributed by atoms with van der Waals surface area (Å²) in [7, 11) is -1.85. The molecule has 1 aromatic carbocycles. The molecule has 1 amide bonds. The van der Waals surface area contributed by atoms with E-state index in [2.05, 4.69) is 15.5 Å². The Bertz CT molecular complexity index is 815. The van der Waals surface area contributed by atoms with Crippen LogP contribution in [0.15, 0.2) is 33.9 Å². The largest absolute Gasteiger partial charge is 0.497 e. The quantitative estimate of drug-likeness (QED) is 0.622. The van der Waals surface area contributed by atoms with E-state index in [9.17, 15) is 13.2 Å². The predicted molar refractivity (Wildman–Crippen MR) is 94.7 cm³/mol. The summed E-state index contributed by atoms with van der Waals surface area (Å²) >= 11 is 0. The van der Waals surface area contributed by atoms with Gasteiger partial charge in [-0.15, -0.1) is 5.10 Å². The fraction of sp³-hybridized carbons (Fsp3) is 0.471. The zero-order valence-electron chi connectivity index (χ0n) is 14.9. The van der Waals surface area contributed by atoms with Crippen LogP contribution in [-0.4, -0.2) is 44.4 Å². The number of nitrogens with zero attached hydrogens (tertiary/aromatic N) is 2. The Labute approximate surface area is 152 Å². The van der Waals surface area contributed by atoms with Crippen LogP contribution in [0.2, 0.25) is 0 Å². The second-order valence-corrected chi connectivity index (χ2v) is 7.81. The Balaban J connectivity index is 1.59. The van der Waals surface area contributed by atoms with Gasteiger partial charge < -0.3 is 14.5 Å². The maximum Gasteiger partial charge on any atom is 0.335 e. The molecule has 0 saturated carbocycles. The molecule has 0 saturated heterocycles. The Hall–Kier alpha value is -2.42. The molecule has 2 aromatic rings. The number of carbonyl (C=O) groups excluding carboxylic acids is 1. The average Bonchev–Trinajstić information content (AvgIpc) is 3.08. The van der Waals surface area contributed by atoms with Crippen LogP contribution >= 0.6 is 0 Å². The second kappa shape index (κ2) is 9.33. The molecule has 1 aromatic heterocycles. The van der Waals surface area contributed by atoms with E-state index in [4.69, 9.17) is 9.15 Å². The fourth-order valence-electron chi connectivity index (χ4n) is 2.29. The maximum atomic E-state index is 11.9. The number of methoxy groups -OCH3 is 1. The van der Waals surface area contributed by atoms with Gasteiger partial charge in [0, 0.05) is 19.2 Å². The number of amides is 1. The number of benzene rings is 1. The molecule has 0 unspecified atom stereocenters. The van der Waals surface area contributed by atoms with Crippen molar-refractivity contribution in [1.82, 2.24) is 15.5 Å². The van der Waals surface area contributed by atoms with Crippen LogP contribution in [0.4, 0.5) is 0 Å². The Morgan fingerprint density at radius 2 is 1.88 bits per heavy atom. The van der Waals surface area contributed by atoms with Crippen LogP contribution < -0.4 is 10.1 Å². The molecular formula is C17H23N3O5S. The molecule has 142 valence electrons. The van der Waals surface area contributed by atoms with Crippen molar-refractivity contribution in [3.63, 3.8) is 0 Å². The third-order valence-corrected chi connectivity index (χ3v) is 4.48. The van der Waals surface area contributed by atoms with E-state index in [0.29, 0.717) is 25.3 Å². The molecule has 0 atom stereocenters. The highest BCUT2D eigenvalue weighted by Crippen LogP contribution is 2.12. The summed E-state index contributed by atoms with van der Waals surface area (Å²) in [6.07, 6.45) is 4.34. The normalized spacial score (nSPS) is 11.3. The first kappa shape index (κ1) is 19.9. The predicted octanol–water partition coefficient (Wildman–Crippen LogP) is 1.55. The van der Waals surface area contributed by atoms with Crippen molar-refractivity contribution in [2.75, 3.05) is 19.9 Å². The molecule has 0 spiro atoms. The van der Waals surface area contributed by atoms with E-state index >= 15 is 0 Å². The molecule has 26 heavy (non-hydrogen) atoms. The Morgan fingerprint density at radius 3 is 2.50 bits per heavy atom. The third-order valence-electron chi connectivity index (χ3n) is 3.68. The van der Waals surface area contributed by atoms with Gasteiger partial charge in [0.05, 0.1) is 13.5 Å². The molecule has 0 bridgehead atoms. The van der Waals surface area contributed by atoms with Crippen molar-refractivity contribution in [2.45, 2.75) is 37.3 Å². The second-order valence-electron chi connectivity index (χ2n) is 5.92. The molecule has 0 radical (unpaired) electrons.